The van der Waals surface area contributed by atoms with Crippen molar-refractivity contribution in [2.45, 2.75) is 16.3 Å². The van der Waals surface area contributed by atoms with Crippen LogP contribution >= 0.6 is 23.4 Å². The van der Waals surface area contributed by atoms with E-state index in [1.807, 2.05) is 97.1 Å². The number of H-pyrrole nitrogens is 1. The van der Waals surface area contributed by atoms with Gasteiger partial charge in [-0.15, -0.1) is 0 Å². The quantitative estimate of drug-likeness (QED) is 0.258. The number of halogens is 1. The summed E-state index contributed by atoms with van der Waals surface area (Å²) in [6, 6.07) is 27.0. The number of fused-ring (bicyclic) bond motifs is 1. The van der Waals surface area contributed by atoms with Gasteiger partial charge in [-0.2, -0.15) is 5.10 Å². The second-order valence-corrected chi connectivity index (χ2v) is 9.30. The first-order valence-electron chi connectivity index (χ1n) is 11.0. The topological polar surface area (TPSA) is 70.7 Å². The van der Waals surface area contributed by atoms with E-state index in [2.05, 4.69) is 20.5 Å². The number of hydrogen-bond donors (Lipinski definition) is 2. The van der Waals surface area contributed by atoms with Gasteiger partial charge in [-0.05, 0) is 66.2 Å². The highest BCUT2D eigenvalue weighted by Gasteiger charge is 2.13. The van der Waals surface area contributed by atoms with Gasteiger partial charge in [0.2, 0.25) is 0 Å². The summed E-state index contributed by atoms with van der Waals surface area (Å²) in [6.45, 7) is 0.367. The summed E-state index contributed by atoms with van der Waals surface area (Å²) >= 11 is 7.76. The molecule has 1 amide bonds. The maximum Gasteiger partial charge on any atom is 0.252 e. The Morgan fingerprint density at radius 2 is 1.80 bits per heavy atom. The Morgan fingerprint density at radius 1 is 0.971 bits per heavy atom. The molecular weight excluding hydrogens is 476 g/mol. The second-order valence-electron chi connectivity index (χ2n) is 7.78. The maximum absolute atomic E-state index is 12.9. The van der Waals surface area contributed by atoms with Gasteiger partial charge in [-0.1, -0.05) is 59.8 Å². The standard InChI is InChI=1S/C28H21ClN4OS/c29-24-10-3-1-7-19(24)18-31-28(34)23-9-2-4-11-27(23)35-21-13-14-22-25(32-33-26(22)17-21)15-12-20-8-5-6-16-30-20/h1-17H,18H2,(H,31,34)(H,32,33)/b15-12+. The molecule has 0 radical (unpaired) electrons. The number of nitrogens with one attached hydrogen (secondary N) is 2. The Hall–Kier alpha value is -3.87. The lowest BCUT2D eigenvalue weighted by Gasteiger charge is -2.11. The van der Waals surface area contributed by atoms with E-state index in [4.69, 9.17) is 11.6 Å². The molecule has 35 heavy (non-hydrogen) atoms. The number of hydrogen-bond acceptors (Lipinski definition) is 4. The fraction of sp³-hybridized carbons (Fsp3) is 0.0357. The largest absolute Gasteiger partial charge is 0.348 e. The van der Waals surface area contributed by atoms with Gasteiger partial charge in [0, 0.05) is 32.9 Å². The average Bonchev–Trinajstić information content (AvgIpc) is 3.30. The lowest BCUT2D eigenvalue weighted by atomic mass is 10.2. The lowest BCUT2D eigenvalue weighted by molar-refractivity contribution is 0.0948. The van der Waals surface area contributed by atoms with Crippen LogP contribution in [0.25, 0.3) is 23.1 Å². The van der Waals surface area contributed by atoms with E-state index in [1.54, 1.807) is 6.20 Å². The van der Waals surface area contributed by atoms with Crippen molar-refractivity contribution in [3.05, 3.63) is 119 Å². The number of benzene rings is 3. The zero-order valence-electron chi connectivity index (χ0n) is 18.6. The van der Waals surface area contributed by atoms with Crippen LogP contribution in [0.1, 0.15) is 27.3 Å². The number of aromatic amines is 1. The molecular formula is C28H21ClN4OS. The van der Waals surface area contributed by atoms with E-state index in [0.717, 1.165) is 37.6 Å². The highest BCUT2D eigenvalue weighted by molar-refractivity contribution is 7.99. The van der Waals surface area contributed by atoms with Crippen molar-refractivity contribution in [1.29, 1.82) is 0 Å². The van der Waals surface area contributed by atoms with Gasteiger partial charge in [0.15, 0.2) is 0 Å². The maximum atomic E-state index is 12.9. The Bertz CT molecular complexity index is 1510. The highest BCUT2D eigenvalue weighted by Crippen LogP contribution is 2.33. The number of aromatic nitrogens is 3. The summed E-state index contributed by atoms with van der Waals surface area (Å²) in [4.78, 5) is 19.1. The summed E-state index contributed by atoms with van der Waals surface area (Å²) in [6.07, 6.45) is 5.66. The van der Waals surface area contributed by atoms with Gasteiger partial charge in [0.25, 0.3) is 5.91 Å². The van der Waals surface area contributed by atoms with E-state index in [1.165, 1.54) is 11.8 Å². The van der Waals surface area contributed by atoms with Crippen LogP contribution in [0.15, 0.2) is 101 Å². The molecule has 2 N–H and O–H groups in total. The molecule has 2 heterocycles. The molecule has 5 rings (SSSR count). The van der Waals surface area contributed by atoms with Crippen LogP contribution in [0.2, 0.25) is 5.02 Å². The van der Waals surface area contributed by atoms with E-state index >= 15 is 0 Å². The number of rotatable bonds is 7. The predicted octanol–water partition coefficient (Wildman–Crippen LogP) is 6.86. The van der Waals surface area contributed by atoms with Crippen molar-refractivity contribution < 1.29 is 4.79 Å². The number of carbonyl (C=O) groups excluding carboxylic acids is 1. The molecule has 0 bridgehead atoms. The summed E-state index contributed by atoms with van der Waals surface area (Å²) in [5.74, 6) is -0.141. The molecule has 0 saturated carbocycles. The zero-order chi connectivity index (χ0) is 24.0. The first-order valence-corrected chi connectivity index (χ1v) is 12.2. The Labute approximate surface area is 212 Å². The van der Waals surface area contributed by atoms with E-state index in [-0.39, 0.29) is 5.91 Å². The molecule has 0 unspecified atom stereocenters. The van der Waals surface area contributed by atoms with Gasteiger partial charge in [-0.3, -0.25) is 14.9 Å². The molecule has 2 aromatic heterocycles. The van der Waals surface area contributed by atoms with Crippen LogP contribution < -0.4 is 5.32 Å². The van der Waals surface area contributed by atoms with Crippen LogP contribution in [0.3, 0.4) is 0 Å². The Morgan fingerprint density at radius 3 is 2.66 bits per heavy atom. The predicted molar refractivity (Wildman–Crippen MR) is 142 cm³/mol. The van der Waals surface area contributed by atoms with Crippen LogP contribution in [-0.4, -0.2) is 21.1 Å². The molecule has 0 aliphatic carbocycles. The Kier molecular flexibility index (Phi) is 6.93. The van der Waals surface area contributed by atoms with Gasteiger partial charge in [-0.25, -0.2) is 0 Å². The first kappa shape index (κ1) is 22.9. The summed E-state index contributed by atoms with van der Waals surface area (Å²) in [5, 5.41) is 12.2. The third-order valence-electron chi connectivity index (χ3n) is 5.42. The van der Waals surface area contributed by atoms with Gasteiger partial charge >= 0.3 is 0 Å². The second kappa shape index (κ2) is 10.6. The molecule has 7 heteroatoms. The fourth-order valence-corrected chi connectivity index (χ4v) is 4.82. The van der Waals surface area contributed by atoms with Crippen molar-refractivity contribution in [2.24, 2.45) is 0 Å². The average molecular weight is 497 g/mol. The van der Waals surface area contributed by atoms with E-state index < -0.39 is 0 Å². The molecule has 5 aromatic rings. The molecule has 0 fully saturated rings. The minimum atomic E-state index is -0.141. The summed E-state index contributed by atoms with van der Waals surface area (Å²) in [7, 11) is 0. The third-order valence-corrected chi connectivity index (χ3v) is 6.85. The van der Waals surface area contributed by atoms with Crippen molar-refractivity contribution >= 4 is 52.3 Å². The third kappa shape index (κ3) is 5.45. The number of pyridine rings is 1. The highest BCUT2D eigenvalue weighted by atomic mass is 35.5. The molecule has 0 spiro atoms. The summed E-state index contributed by atoms with van der Waals surface area (Å²) < 4.78 is 0. The van der Waals surface area contributed by atoms with Crippen LogP contribution in [0.5, 0.6) is 0 Å². The fourth-order valence-electron chi connectivity index (χ4n) is 3.63. The molecule has 5 nitrogen and oxygen atoms in total. The lowest BCUT2D eigenvalue weighted by Crippen LogP contribution is -2.23. The van der Waals surface area contributed by atoms with E-state index in [0.29, 0.717) is 17.1 Å². The van der Waals surface area contributed by atoms with Crippen molar-refractivity contribution in [1.82, 2.24) is 20.5 Å². The zero-order valence-corrected chi connectivity index (χ0v) is 20.2. The summed E-state index contributed by atoms with van der Waals surface area (Å²) in [5.41, 5.74) is 4.15. The molecule has 0 aliphatic rings. The van der Waals surface area contributed by atoms with Crippen molar-refractivity contribution in [3.8, 4) is 0 Å². The molecule has 0 atom stereocenters. The van der Waals surface area contributed by atoms with Crippen molar-refractivity contribution in [3.63, 3.8) is 0 Å². The van der Waals surface area contributed by atoms with Gasteiger partial charge in [0.1, 0.15) is 0 Å². The molecule has 0 saturated heterocycles. The normalized spacial score (nSPS) is 11.2. The SMILES string of the molecule is O=C(NCc1ccccc1Cl)c1ccccc1Sc1ccc2c(/C=C/c3ccccn3)n[nH]c2c1. The van der Waals surface area contributed by atoms with Crippen LogP contribution in [0, 0.1) is 0 Å². The smallest absolute Gasteiger partial charge is 0.252 e. The molecule has 0 aliphatic heterocycles. The van der Waals surface area contributed by atoms with Gasteiger partial charge < -0.3 is 5.32 Å². The van der Waals surface area contributed by atoms with E-state index in [9.17, 15) is 4.79 Å². The minimum Gasteiger partial charge on any atom is -0.348 e. The monoisotopic (exact) mass is 496 g/mol. The minimum absolute atomic E-state index is 0.141. The number of amides is 1. The number of nitrogens with zero attached hydrogens (tertiary/aromatic N) is 2. The first-order chi connectivity index (χ1) is 17.2. The van der Waals surface area contributed by atoms with Crippen LogP contribution in [-0.2, 0) is 6.54 Å². The van der Waals surface area contributed by atoms with Crippen molar-refractivity contribution in [2.75, 3.05) is 0 Å². The molecule has 172 valence electrons. The molecule has 3 aromatic carbocycles. The Balaban J connectivity index is 1.32. The van der Waals surface area contributed by atoms with Crippen LogP contribution in [0.4, 0.5) is 0 Å². The van der Waals surface area contributed by atoms with Gasteiger partial charge in [0.05, 0.1) is 22.5 Å². The number of carbonyl (C=O) groups is 1.